The number of aromatic nitrogens is 1. The maximum absolute atomic E-state index is 12.4. The number of hydrogen-bond donors (Lipinski definition) is 1. The number of benzene rings is 1. The topological polar surface area (TPSA) is 48.5 Å². The molecule has 0 radical (unpaired) electrons. The Morgan fingerprint density at radius 1 is 1.36 bits per heavy atom. The molecule has 1 aliphatic heterocycles. The molecule has 0 unspecified atom stereocenters. The highest BCUT2D eigenvalue weighted by Gasteiger charge is 2.21. The van der Waals surface area contributed by atoms with E-state index in [0.29, 0.717) is 11.7 Å². The minimum absolute atomic E-state index is 0.0345. The fourth-order valence-corrected chi connectivity index (χ4v) is 4.54. The highest BCUT2D eigenvalue weighted by molar-refractivity contribution is 7.80. The molecular weight excluding hydrogens is 388 g/mol. The van der Waals surface area contributed by atoms with Gasteiger partial charge in [0.15, 0.2) is 10.2 Å². The first kappa shape index (κ1) is 20.7. The second kappa shape index (κ2) is 9.47. The van der Waals surface area contributed by atoms with E-state index in [1.807, 2.05) is 23.6 Å². The zero-order valence-electron chi connectivity index (χ0n) is 16.8. The van der Waals surface area contributed by atoms with Gasteiger partial charge >= 0.3 is 0 Å². The summed E-state index contributed by atoms with van der Waals surface area (Å²) in [6.07, 6.45) is 3.24. The number of nitrogens with zero attached hydrogens (tertiary/aromatic N) is 3. The van der Waals surface area contributed by atoms with Gasteiger partial charge in [-0.25, -0.2) is 4.98 Å². The van der Waals surface area contributed by atoms with Crippen molar-refractivity contribution in [3.63, 3.8) is 0 Å². The van der Waals surface area contributed by atoms with E-state index in [9.17, 15) is 4.79 Å². The van der Waals surface area contributed by atoms with Crippen LogP contribution in [0.4, 0.5) is 10.8 Å². The van der Waals surface area contributed by atoms with E-state index in [0.717, 1.165) is 47.5 Å². The summed E-state index contributed by atoms with van der Waals surface area (Å²) < 4.78 is 0. The number of thiocarbonyl (C=S) groups is 1. The standard InChI is InChI=1S/C21H28N4OS2/c1-4-17-7-5-6-8-19(17)25(16(3)26)21-23-18(14-28-21)13-22-20(27)24-11-9-15(2)10-12-24/h5-8,14-15H,4,9-13H2,1-3H3,(H,22,27). The van der Waals surface area contributed by atoms with Crippen LogP contribution < -0.4 is 10.2 Å². The summed E-state index contributed by atoms with van der Waals surface area (Å²) in [4.78, 5) is 21.0. The van der Waals surface area contributed by atoms with E-state index < -0.39 is 0 Å². The summed E-state index contributed by atoms with van der Waals surface area (Å²) in [5.74, 6) is 0.747. The summed E-state index contributed by atoms with van der Waals surface area (Å²) in [5, 5.41) is 6.81. The van der Waals surface area contributed by atoms with Crippen molar-refractivity contribution in [1.82, 2.24) is 15.2 Å². The van der Waals surface area contributed by atoms with E-state index in [1.165, 1.54) is 24.2 Å². The molecule has 0 spiro atoms. The Hall–Kier alpha value is -1.99. The fourth-order valence-electron chi connectivity index (χ4n) is 3.41. The van der Waals surface area contributed by atoms with Gasteiger partial charge in [-0.3, -0.25) is 9.69 Å². The Morgan fingerprint density at radius 2 is 2.07 bits per heavy atom. The molecule has 150 valence electrons. The van der Waals surface area contributed by atoms with Gasteiger partial charge in [0, 0.05) is 25.4 Å². The third kappa shape index (κ3) is 4.89. The number of para-hydroxylation sites is 1. The van der Waals surface area contributed by atoms with Gasteiger partial charge in [-0.05, 0) is 49.0 Å². The van der Waals surface area contributed by atoms with Gasteiger partial charge in [0.1, 0.15) is 0 Å². The van der Waals surface area contributed by atoms with Gasteiger partial charge in [0.25, 0.3) is 0 Å². The highest BCUT2D eigenvalue weighted by Crippen LogP contribution is 2.31. The Kier molecular flexibility index (Phi) is 7.02. The lowest BCUT2D eigenvalue weighted by Crippen LogP contribution is -2.43. The molecule has 0 aliphatic carbocycles. The van der Waals surface area contributed by atoms with Crippen LogP contribution in [-0.4, -0.2) is 34.0 Å². The van der Waals surface area contributed by atoms with Crippen molar-refractivity contribution in [2.75, 3.05) is 18.0 Å². The lowest BCUT2D eigenvalue weighted by molar-refractivity contribution is -0.115. The van der Waals surface area contributed by atoms with Gasteiger partial charge in [-0.1, -0.05) is 32.0 Å². The molecule has 28 heavy (non-hydrogen) atoms. The number of carbonyl (C=O) groups is 1. The second-order valence-corrected chi connectivity index (χ2v) is 8.51. The lowest BCUT2D eigenvalue weighted by atomic mass is 10.00. The molecule has 1 aromatic carbocycles. The van der Waals surface area contributed by atoms with E-state index in [1.54, 1.807) is 11.8 Å². The number of nitrogens with one attached hydrogen (secondary N) is 1. The molecule has 1 fully saturated rings. The largest absolute Gasteiger partial charge is 0.357 e. The number of hydrogen-bond acceptors (Lipinski definition) is 4. The van der Waals surface area contributed by atoms with Gasteiger partial charge in [-0.2, -0.15) is 0 Å². The number of thiazole rings is 1. The molecule has 7 heteroatoms. The summed E-state index contributed by atoms with van der Waals surface area (Å²) in [6.45, 7) is 8.57. The second-order valence-electron chi connectivity index (χ2n) is 7.29. The smallest absolute Gasteiger partial charge is 0.230 e. The van der Waals surface area contributed by atoms with Gasteiger partial charge in [0.05, 0.1) is 17.9 Å². The van der Waals surface area contributed by atoms with Gasteiger partial charge < -0.3 is 10.2 Å². The molecule has 2 heterocycles. The maximum Gasteiger partial charge on any atom is 0.230 e. The van der Waals surface area contributed by atoms with Crippen LogP contribution in [0.15, 0.2) is 29.6 Å². The molecule has 2 aromatic rings. The van der Waals surface area contributed by atoms with Crippen LogP contribution in [0.1, 0.15) is 44.9 Å². The highest BCUT2D eigenvalue weighted by atomic mass is 32.1. The minimum Gasteiger partial charge on any atom is -0.357 e. The number of amides is 1. The number of carbonyl (C=O) groups excluding carboxylic acids is 1. The molecule has 1 saturated heterocycles. The van der Waals surface area contributed by atoms with E-state index in [2.05, 4.69) is 30.1 Å². The molecule has 0 bridgehead atoms. The quantitative estimate of drug-likeness (QED) is 0.728. The first-order valence-electron chi connectivity index (χ1n) is 9.85. The van der Waals surface area contributed by atoms with Crippen LogP contribution in [-0.2, 0) is 17.8 Å². The fraction of sp³-hybridized carbons (Fsp3) is 0.476. The number of piperidine rings is 1. The molecule has 0 atom stereocenters. The Balaban J connectivity index is 1.68. The predicted molar refractivity (Wildman–Crippen MR) is 120 cm³/mol. The zero-order chi connectivity index (χ0) is 20.1. The van der Waals surface area contributed by atoms with Crippen molar-refractivity contribution in [2.24, 2.45) is 5.92 Å². The van der Waals surface area contributed by atoms with Gasteiger partial charge in [0.2, 0.25) is 5.91 Å². The monoisotopic (exact) mass is 416 g/mol. The third-order valence-corrected chi connectivity index (χ3v) is 6.43. The van der Waals surface area contributed by atoms with E-state index in [-0.39, 0.29) is 5.91 Å². The van der Waals surface area contributed by atoms with Crippen LogP contribution in [0, 0.1) is 5.92 Å². The van der Waals surface area contributed by atoms with Crippen molar-refractivity contribution in [1.29, 1.82) is 0 Å². The average Bonchev–Trinajstić information content (AvgIpc) is 3.15. The van der Waals surface area contributed by atoms with Gasteiger partial charge in [-0.15, -0.1) is 11.3 Å². The zero-order valence-corrected chi connectivity index (χ0v) is 18.4. The Labute approximate surface area is 176 Å². The first-order chi connectivity index (χ1) is 13.5. The molecule has 5 nitrogen and oxygen atoms in total. The lowest BCUT2D eigenvalue weighted by Gasteiger charge is -2.32. The number of anilines is 2. The predicted octanol–water partition coefficient (Wildman–Crippen LogP) is 4.50. The van der Waals surface area contributed by atoms with Crippen molar-refractivity contribution < 1.29 is 4.79 Å². The number of aryl methyl sites for hydroxylation is 1. The molecule has 3 rings (SSSR count). The van der Waals surface area contributed by atoms with Crippen LogP contribution in [0.2, 0.25) is 0 Å². The summed E-state index contributed by atoms with van der Waals surface area (Å²) in [7, 11) is 0. The molecule has 0 saturated carbocycles. The Morgan fingerprint density at radius 3 is 2.75 bits per heavy atom. The number of likely N-dealkylation sites (tertiary alicyclic amines) is 1. The average molecular weight is 417 g/mol. The normalized spacial score (nSPS) is 14.8. The van der Waals surface area contributed by atoms with Crippen LogP contribution in [0.3, 0.4) is 0 Å². The molecule has 1 amide bonds. The molecule has 1 aromatic heterocycles. The summed E-state index contributed by atoms with van der Waals surface area (Å²) >= 11 is 7.03. The van der Waals surface area contributed by atoms with Crippen molar-refractivity contribution in [3.05, 3.63) is 40.9 Å². The third-order valence-electron chi connectivity index (χ3n) is 5.15. The summed E-state index contributed by atoms with van der Waals surface area (Å²) in [6, 6.07) is 7.99. The maximum atomic E-state index is 12.4. The Bertz CT molecular complexity index is 827. The van der Waals surface area contributed by atoms with Crippen LogP contribution >= 0.6 is 23.6 Å². The number of rotatable bonds is 5. The van der Waals surface area contributed by atoms with E-state index >= 15 is 0 Å². The van der Waals surface area contributed by atoms with Crippen LogP contribution in [0.25, 0.3) is 0 Å². The van der Waals surface area contributed by atoms with Crippen molar-refractivity contribution >= 4 is 45.4 Å². The summed E-state index contributed by atoms with van der Waals surface area (Å²) in [5.41, 5.74) is 2.94. The molecular formula is C21H28N4OS2. The van der Waals surface area contributed by atoms with E-state index in [4.69, 9.17) is 17.2 Å². The van der Waals surface area contributed by atoms with Crippen molar-refractivity contribution in [3.8, 4) is 0 Å². The first-order valence-corrected chi connectivity index (χ1v) is 11.1. The van der Waals surface area contributed by atoms with Crippen molar-refractivity contribution in [2.45, 2.75) is 46.6 Å². The molecule has 1 N–H and O–H groups in total. The van der Waals surface area contributed by atoms with Crippen LogP contribution in [0.5, 0.6) is 0 Å². The molecule has 1 aliphatic rings. The SMILES string of the molecule is CCc1ccccc1N(C(C)=O)c1nc(CNC(=S)N2CCC(C)CC2)cs1. The minimum atomic E-state index is -0.0345.